The molecule has 25 heavy (non-hydrogen) atoms. The van der Waals surface area contributed by atoms with E-state index in [1.165, 1.54) is 12.1 Å². The lowest BCUT2D eigenvalue weighted by Gasteiger charge is -2.27. The maximum Gasteiger partial charge on any atom is 0.238 e. The van der Waals surface area contributed by atoms with Crippen molar-refractivity contribution in [2.45, 2.75) is 4.90 Å². The van der Waals surface area contributed by atoms with E-state index >= 15 is 0 Å². The average molecular weight is 376 g/mol. The maximum absolute atomic E-state index is 11.4. The largest absolute Gasteiger partial charge is 0.378 e. The van der Waals surface area contributed by atoms with Crippen LogP contribution in [-0.2, 0) is 14.8 Å². The van der Waals surface area contributed by atoms with Crippen LogP contribution in [0, 0.1) is 0 Å². The normalized spacial score (nSPS) is 15.6. The van der Waals surface area contributed by atoms with Crippen LogP contribution in [0.2, 0.25) is 0 Å². The number of thiophene rings is 1. The minimum atomic E-state index is -3.69. The van der Waals surface area contributed by atoms with E-state index in [1.54, 1.807) is 29.8 Å². The van der Waals surface area contributed by atoms with Crippen LogP contribution in [0.3, 0.4) is 0 Å². The first-order valence-electron chi connectivity index (χ1n) is 7.73. The number of nitrogens with zero attached hydrogens (tertiary/aromatic N) is 3. The number of rotatable bonds is 3. The molecule has 0 saturated carbocycles. The fraction of sp³-hybridized carbons (Fsp3) is 0.250. The van der Waals surface area contributed by atoms with Crippen LogP contribution >= 0.6 is 11.3 Å². The van der Waals surface area contributed by atoms with Crippen LogP contribution in [0.1, 0.15) is 0 Å². The minimum Gasteiger partial charge on any atom is -0.378 e. The Morgan fingerprint density at radius 2 is 1.84 bits per heavy atom. The summed E-state index contributed by atoms with van der Waals surface area (Å²) in [6.07, 6.45) is 1.58. The average Bonchev–Trinajstić information content (AvgIpc) is 3.06. The quantitative estimate of drug-likeness (QED) is 0.749. The van der Waals surface area contributed by atoms with E-state index in [4.69, 9.17) is 9.88 Å². The number of morpholine rings is 1. The molecule has 0 aliphatic carbocycles. The topological polar surface area (TPSA) is 98.4 Å². The number of fused-ring (bicyclic) bond motifs is 1. The number of anilines is 1. The molecule has 1 aliphatic rings. The van der Waals surface area contributed by atoms with E-state index in [-0.39, 0.29) is 4.90 Å². The monoisotopic (exact) mass is 376 g/mol. The molecule has 2 aromatic heterocycles. The second kappa shape index (κ2) is 6.34. The van der Waals surface area contributed by atoms with Gasteiger partial charge in [-0.05, 0) is 23.8 Å². The molecule has 2 N–H and O–H groups in total. The Morgan fingerprint density at radius 3 is 2.52 bits per heavy atom. The van der Waals surface area contributed by atoms with Gasteiger partial charge in [0.15, 0.2) is 0 Å². The molecule has 130 valence electrons. The third-order valence-corrected chi connectivity index (χ3v) is 6.17. The van der Waals surface area contributed by atoms with E-state index in [0.29, 0.717) is 13.2 Å². The van der Waals surface area contributed by atoms with Gasteiger partial charge in [-0.2, -0.15) is 0 Å². The molecule has 7 nitrogen and oxygen atoms in total. The first-order chi connectivity index (χ1) is 12.0. The summed E-state index contributed by atoms with van der Waals surface area (Å²) in [5.41, 5.74) is 1.80. The lowest BCUT2D eigenvalue weighted by molar-refractivity contribution is 0.122. The molecule has 4 rings (SSSR count). The number of sulfonamides is 1. The number of hydrogen-bond acceptors (Lipinski definition) is 7. The highest BCUT2D eigenvalue weighted by atomic mass is 32.2. The molecular weight excluding hydrogens is 360 g/mol. The highest BCUT2D eigenvalue weighted by Gasteiger charge is 2.18. The van der Waals surface area contributed by atoms with Crippen molar-refractivity contribution in [2.75, 3.05) is 31.2 Å². The number of hydrogen-bond donors (Lipinski definition) is 1. The molecule has 1 aliphatic heterocycles. The molecule has 1 aromatic carbocycles. The van der Waals surface area contributed by atoms with Gasteiger partial charge in [0.05, 0.1) is 28.3 Å². The summed E-state index contributed by atoms with van der Waals surface area (Å²) in [4.78, 5) is 12.1. The van der Waals surface area contributed by atoms with Crippen LogP contribution < -0.4 is 10.0 Å². The Bertz CT molecular complexity index is 1010. The molecule has 3 aromatic rings. The number of aromatic nitrogens is 2. The number of benzene rings is 1. The predicted octanol–water partition coefficient (Wildman–Crippen LogP) is 1.84. The van der Waals surface area contributed by atoms with E-state index in [1.807, 2.05) is 6.07 Å². The molecule has 0 unspecified atom stereocenters. The fourth-order valence-electron chi connectivity index (χ4n) is 2.79. The third-order valence-electron chi connectivity index (χ3n) is 4.07. The Labute approximate surface area is 149 Å². The zero-order valence-corrected chi connectivity index (χ0v) is 14.9. The molecule has 9 heteroatoms. The molecule has 0 radical (unpaired) electrons. The maximum atomic E-state index is 11.4. The second-order valence-electron chi connectivity index (χ2n) is 5.69. The summed E-state index contributed by atoms with van der Waals surface area (Å²) in [6.45, 7) is 3.00. The molecule has 0 spiro atoms. The molecule has 1 fully saturated rings. The molecule has 0 bridgehead atoms. The standard InChI is InChI=1S/C16H16N4O3S2/c17-25(21,22)12-3-1-11(2-4-12)14-9-13-15(24-14)16(19-10-18-13)20-5-7-23-8-6-20/h1-4,9-10H,5-8H2,(H2,17,21,22). The molecular formula is C16H16N4O3S2. The summed E-state index contributed by atoms with van der Waals surface area (Å²) in [5, 5.41) is 5.15. The number of primary sulfonamides is 1. The van der Waals surface area contributed by atoms with Crippen LogP contribution in [-0.4, -0.2) is 44.7 Å². The molecule has 1 saturated heterocycles. The first-order valence-corrected chi connectivity index (χ1v) is 10.1. The molecule has 0 atom stereocenters. The first kappa shape index (κ1) is 16.4. The third kappa shape index (κ3) is 3.23. The summed E-state index contributed by atoms with van der Waals surface area (Å²) in [6, 6.07) is 8.55. The Hall–Kier alpha value is -2.07. The summed E-state index contributed by atoms with van der Waals surface area (Å²) < 4.78 is 29.2. The van der Waals surface area contributed by atoms with Gasteiger partial charge < -0.3 is 9.64 Å². The van der Waals surface area contributed by atoms with E-state index in [9.17, 15) is 8.42 Å². The smallest absolute Gasteiger partial charge is 0.238 e. The van der Waals surface area contributed by atoms with Crippen LogP contribution in [0.5, 0.6) is 0 Å². The van der Waals surface area contributed by atoms with Crippen molar-refractivity contribution < 1.29 is 13.2 Å². The minimum absolute atomic E-state index is 0.103. The Balaban J connectivity index is 1.74. The predicted molar refractivity (Wildman–Crippen MR) is 97.3 cm³/mol. The van der Waals surface area contributed by atoms with Gasteiger partial charge in [0.2, 0.25) is 10.0 Å². The van der Waals surface area contributed by atoms with Crippen molar-refractivity contribution in [1.29, 1.82) is 0 Å². The van der Waals surface area contributed by atoms with Crippen molar-refractivity contribution in [3.05, 3.63) is 36.7 Å². The summed E-state index contributed by atoms with van der Waals surface area (Å²) >= 11 is 1.60. The van der Waals surface area contributed by atoms with Gasteiger partial charge in [-0.1, -0.05) is 12.1 Å². The van der Waals surface area contributed by atoms with Crippen molar-refractivity contribution in [3.8, 4) is 10.4 Å². The number of nitrogens with two attached hydrogens (primary N) is 1. The van der Waals surface area contributed by atoms with Gasteiger partial charge in [0.25, 0.3) is 0 Å². The highest BCUT2D eigenvalue weighted by Crippen LogP contribution is 2.37. The van der Waals surface area contributed by atoms with Gasteiger partial charge in [-0.3, -0.25) is 0 Å². The van der Waals surface area contributed by atoms with Gasteiger partial charge in [0, 0.05) is 18.0 Å². The Kier molecular flexibility index (Phi) is 4.16. The zero-order valence-electron chi connectivity index (χ0n) is 13.3. The van der Waals surface area contributed by atoms with Crippen molar-refractivity contribution in [2.24, 2.45) is 5.14 Å². The lowest BCUT2D eigenvalue weighted by atomic mass is 10.2. The second-order valence-corrected chi connectivity index (χ2v) is 8.30. The van der Waals surface area contributed by atoms with Crippen molar-refractivity contribution in [3.63, 3.8) is 0 Å². The lowest BCUT2D eigenvalue weighted by Crippen LogP contribution is -2.36. The number of ether oxygens (including phenoxy) is 1. The van der Waals surface area contributed by atoms with E-state index in [0.717, 1.165) is 39.6 Å². The Morgan fingerprint density at radius 1 is 1.12 bits per heavy atom. The SMILES string of the molecule is NS(=O)(=O)c1ccc(-c2cc3ncnc(N4CCOCC4)c3s2)cc1. The van der Waals surface area contributed by atoms with E-state index < -0.39 is 10.0 Å². The van der Waals surface area contributed by atoms with Crippen LogP contribution in [0.15, 0.2) is 41.6 Å². The van der Waals surface area contributed by atoms with Gasteiger partial charge in [-0.25, -0.2) is 23.5 Å². The van der Waals surface area contributed by atoms with Crippen molar-refractivity contribution >= 4 is 37.4 Å². The van der Waals surface area contributed by atoms with Crippen molar-refractivity contribution in [1.82, 2.24) is 9.97 Å². The molecule has 3 heterocycles. The molecule has 0 amide bonds. The van der Waals surface area contributed by atoms with Crippen LogP contribution in [0.25, 0.3) is 20.7 Å². The van der Waals surface area contributed by atoms with Gasteiger partial charge >= 0.3 is 0 Å². The van der Waals surface area contributed by atoms with Gasteiger partial charge in [0.1, 0.15) is 12.1 Å². The van der Waals surface area contributed by atoms with Crippen LogP contribution in [0.4, 0.5) is 5.82 Å². The van der Waals surface area contributed by atoms with Gasteiger partial charge in [-0.15, -0.1) is 11.3 Å². The highest BCUT2D eigenvalue weighted by molar-refractivity contribution is 7.89. The zero-order chi connectivity index (χ0) is 17.4. The summed E-state index contributed by atoms with van der Waals surface area (Å²) in [7, 11) is -3.69. The van der Waals surface area contributed by atoms with E-state index in [2.05, 4.69) is 14.9 Å². The fourth-order valence-corrected chi connectivity index (χ4v) is 4.44. The summed E-state index contributed by atoms with van der Waals surface area (Å²) in [5.74, 6) is 0.922.